The molecular weight excluding hydrogens is 247 g/mol. The molecular formula is C10H14BrFN2. The fourth-order valence-electron chi connectivity index (χ4n) is 1.05. The Morgan fingerprint density at radius 3 is 2.79 bits per heavy atom. The SMILES string of the molecule is CCC(C)Nc1cc(F)c(Br)cc1N. The normalized spacial score (nSPS) is 12.6. The molecule has 1 rings (SSSR count). The van der Waals surface area contributed by atoms with Crippen LogP contribution in [0, 0.1) is 5.82 Å². The Morgan fingerprint density at radius 2 is 2.21 bits per heavy atom. The van der Waals surface area contributed by atoms with E-state index in [0.29, 0.717) is 15.8 Å². The number of halogens is 2. The number of rotatable bonds is 3. The summed E-state index contributed by atoms with van der Waals surface area (Å²) in [6, 6.07) is 3.27. The van der Waals surface area contributed by atoms with E-state index in [2.05, 4.69) is 28.2 Å². The molecule has 1 aromatic rings. The number of nitrogens with two attached hydrogens (primary N) is 1. The molecule has 3 N–H and O–H groups in total. The van der Waals surface area contributed by atoms with Crippen LogP contribution in [0.1, 0.15) is 20.3 Å². The first-order valence-electron chi connectivity index (χ1n) is 4.55. The van der Waals surface area contributed by atoms with Gasteiger partial charge in [0.25, 0.3) is 0 Å². The molecule has 0 aliphatic carbocycles. The van der Waals surface area contributed by atoms with E-state index in [-0.39, 0.29) is 11.9 Å². The van der Waals surface area contributed by atoms with Crippen molar-refractivity contribution in [1.82, 2.24) is 0 Å². The smallest absolute Gasteiger partial charge is 0.139 e. The standard InChI is InChI=1S/C10H14BrFN2/c1-3-6(2)14-10-5-8(12)7(11)4-9(10)13/h4-6,14H,3,13H2,1-2H3. The Labute approximate surface area is 91.8 Å². The van der Waals surface area contributed by atoms with Crippen molar-refractivity contribution in [2.24, 2.45) is 0 Å². The summed E-state index contributed by atoms with van der Waals surface area (Å²) in [6.45, 7) is 4.09. The van der Waals surface area contributed by atoms with Crippen LogP contribution in [0.2, 0.25) is 0 Å². The molecule has 0 heterocycles. The van der Waals surface area contributed by atoms with Crippen molar-refractivity contribution in [3.8, 4) is 0 Å². The number of hydrogen-bond donors (Lipinski definition) is 2. The molecule has 0 saturated carbocycles. The second-order valence-electron chi connectivity index (χ2n) is 3.31. The van der Waals surface area contributed by atoms with Gasteiger partial charge in [-0.05, 0) is 35.3 Å². The largest absolute Gasteiger partial charge is 0.397 e. The van der Waals surface area contributed by atoms with Gasteiger partial charge in [-0.15, -0.1) is 0 Å². The van der Waals surface area contributed by atoms with E-state index in [1.165, 1.54) is 6.07 Å². The third-order valence-electron chi connectivity index (χ3n) is 2.11. The van der Waals surface area contributed by atoms with E-state index in [1.54, 1.807) is 6.07 Å². The Morgan fingerprint density at radius 1 is 1.57 bits per heavy atom. The highest BCUT2D eigenvalue weighted by molar-refractivity contribution is 9.10. The van der Waals surface area contributed by atoms with Crippen LogP contribution in [0.3, 0.4) is 0 Å². The van der Waals surface area contributed by atoms with E-state index in [9.17, 15) is 4.39 Å². The van der Waals surface area contributed by atoms with Gasteiger partial charge in [-0.2, -0.15) is 0 Å². The van der Waals surface area contributed by atoms with Crippen LogP contribution in [0.15, 0.2) is 16.6 Å². The van der Waals surface area contributed by atoms with E-state index < -0.39 is 0 Å². The van der Waals surface area contributed by atoms with Crippen LogP contribution in [0.5, 0.6) is 0 Å². The maximum Gasteiger partial charge on any atom is 0.139 e. The zero-order valence-corrected chi connectivity index (χ0v) is 9.86. The molecule has 0 bridgehead atoms. The Balaban J connectivity index is 2.92. The first-order chi connectivity index (χ1) is 6.54. The molecule has 1 atom stereocenters. The van der Waals surface area contributed by atoms with E-state index in [1.807, 2.05) is 6.92 Å². The topological polar surface area (TPSA) is 38.0 Å². The molecule has 14 heavy (non-hydrogen) atoms. The summed E-state index contributed by atoms with van der Waals surface area (Å²) < 4.78 is 13.6. The second kappa shape index (κ2) is 4.64. The highest BCUT2D eigenvalue weighted by atomic mass is 79.9. The molecule has 0 saturated heterocycles. The van der Waals surface area contributed by atoms with Gasteiger partial charge in [0.05, 0.1) is 15.8 Å². The maximum absolute atomic E-state index is 13.2. The Bertz CT molecular complexity index is 328. The van der Waals surface area contributed by atoms with Crippen molar-refractivity contribution >= 4 is 27.3 Å². The van der Waals surface area contributed by atoms with E-state index >= 15 is 0 Å². The van der Waals surface area contributed by atoms with Gasteiger partial charge in [-0.1, -0.05) is 6.92 Å². The van der Waals surface area contributed by atoms with Crippen molar-refractivity contribution in [2.45, 2.75) is 26.3 Å². The third-order valence-corrected chi connectivity index (χ3v) is 2.71. The highest BCUT2D eigenvalue weighted by Crippen LogP contribution is 2.27. The highest BCUT2D eigenvalue weighted by Gasteiger charge is 2.07. The van der Waals surface area contributed by atoms with Gasteiger partial charge in [0.2, 0.25) is 0 Å². The first kappa shape index (κ1) is 11.3. The van der Waals surface area contributed by atoms with Crippen LogP contribution in [0.25, 0.3) is 0 Å². The van der Waals surface area contributed by atoms with Crippen molar-refractivity contribution in [1.29, 1.82) is 0 Å². The van der Waals surface area contributed by atoms with Crippen LogP contribution in [-0.2, 0) is 0 Å². The fraction of sp³-hybridized carbons (Fsp3) is 0.400. The number of hydrogen-bond acceptors (Lipinski definition) is 2. The quantitative estimate of drug-likeness (QED) is 0.818. The van der Waals surface area contributed by atoms with E-state index in [0.717, 1.165) is 6.42 Å². The van der Waals surface area contributed by atoms with Gasteiger partial charge < -0.3 is 11.1 Å². The lowest BCUT2D eigenvalue weighted by atomic mass is 10.2. The van der Waals surface area contributed by atoms with Crippen molar-refractivity contribution < 1.29 is 4.39 Å². The molecule has 2 nitrogen and oxygen atoms in total. The summed E-state index contributed by atoms with van der Waals surface area (Å²) in [7, 11) is 0. The monoisotopic (exact) mass is 260 g/mol. The van der Waals surface area contributed by atoms with Crippen molar-refractivity contribution in [3.05, 3.63) is 22.4 Å². The van der Waals surface area contributed by atoms with Gasteiger partial charge in [0.1, 0.15) is 5.82 Å². The van der Waals surface area contributed by atoms with Crippen LogP contribution >= 0.6 is 15.9 Å². The molecule has 0 radical (unpaired) electrons. The van der Waals surface area contributed by atoms with Crippen LogP contribution in [0.4, 0.5) is 15.8 Å². The zero-order valence-electron chi connectivity index (χ0n) is 8.27. The van der Waals surface area contributed by atoms with Crippen LogP contribution in [-0.4, -0.2) is 6.04 Å². The third kappa shape index (κ3) is 2.61. The Kier molecular flexibility index (Phi) is 3.75. The minimum absolute atomic E-state index is 0.290. The lowest BCUT2D eigenvalue weighted by Crippen LogP contribution is -2.14. The number of anilines is 2. The van der Waals surface area contributed by atoms with Crippen molar-refractivity contribution in [2.75, 3.05) is 11.1 Å². The molecule has 0 spiro atoms. The molecule has 1 aromatic carbocycles. The predicted molar refractivity (Wildman–Crippen MR) is 61.9 cm³/mol. The predicted octanol–water partition coefficient (Wildman–Crippen LogP) is 3.38. The van der Waals surface area contributed by atoms with Crippen molar-refractivity contribution in [3.63, 3.8) is 0 Å². The summed E-state index contributed by atoms with van der Waals surface area (Å²) in [5.74, 6) is -0.301. The van der Waals surface area contributed by atoms with Gasteiger partial charge >= 0.3 is 0 Å². The molecule has 4 heteroatoms. The molecule has 0 aliphatic rings. The minimum atomic E-state index is -0.301. The summed E-state index contributed by atoms with van der Waals surface area (Å²) in [4.78, 5) is 0. The molecule has 0 fully saturated rings. The molecule has 78 valence electrons. The summed E-state index contributed by atoms with van der Waals surface area (Å²) in [5, 5.41) is 3.14. The van der Waals surface area contributed by atoms with Gasteiger partial charge in [-0.3, -0.25) is 0 Å². The molecule has 1 unspecified atom stereocenters. The van der Waals surface area contributed by atoms with E-state index in [4.69, 9.17) is 5.73 Å². The molecule has 0 aromatic heterocycles. The number of nitrogens with one attached hydrogen (secondary N) is 1. The van der Waals surface area contributed by atoms with Crippen LogP contribution < -0.4 is 11.1 Å². The first-order valence-corrected chi connectivity index (χ1v) is 5.35. The zero-order chi connectivity index (χ0) is 10.7. The van der Waals surface area contributed by atoms with Gasteiger partial charge in [0.15, 0.2) is 0 Å². The summed E-state index contributed by atoms with van der Waals surface area (Å²) >= 11 is 3.08. The lowest BCUT2D eigenvalue weighted by Gasteiger charge is -2.15. The minimum Gasteiger partial charge on any atom is -0.397 e. The second-order valence-corrected chi connectivity index (χ2v) is 4.16. The Hall–Kier alpha value is -0.770. The fourth-order valence-corrected chi connectivity index (χ4v) is 1.42. The number of benzene rings is 1. The van der Waals surface area contributed by atoms with Gasteiger partial charge in [-0.25, -0.2) is 4.39 Å². The average molecular weight is 261 g/mol. The molecule has 0 aliphatic heterocycles. The lowest BCUT2D eigenvalue weighted by molar-refractivity contribution is 0.621. The average Bonchev–Trinajstić information content (AvgIpc) is 2.14. The number of nitrogen functional groups attached to an aromatic ring is 1. The maximum atomic E-state index is 13.2. The summed E-state index contributed by atoms with van der Waals surface area (Å²) in [6.07, 6.45) is 0.969. The molecule has 0 amide bonds. The summed E-state index contributed by atoms with van der Waals surface area (Å²) in [5.41, 5.74) is 6.94. The van der Waals surface area contributed by atoms with Gasteiger partial charge in [0, 0.05) is 12.1 Å².